The molecule has 0 unspecified atom stereocenters. The van der Waals surface area contributed by atoms with Crippen molar-refractivity contribution in [2.45, 2.75) is 39.2 Å². The van der Waals surface area contributed by atoms with Crippen molar-refractivity contribution in [3.05, 3.63) is 0 Å². The molecule has 0 spiro atoms. The van der Waals surface area contributed by atoms with Crippen LogP contribution in [0.4, 0.5) is 0 Å². The summed E-state index contributed by atoms with van der Waals surface area (Å²) in [5.41, 5.74) is 0.194. The van der Waals surface area contributed by atoms with Crippen molar-refractivity contribution < 1.29 is 0 Å². The van der Waals surface area contributed by atoms with Crippen LogP contribution in [0.1, 0.15) is 33.6 Å². The molecule has 9 heavy (non-hydrogen) atoms. The SMILES string of the molecule is CCC(C)(CC)N(C)N. The van der Waals surface area contributed by atoms with Gasteiger partial charge in [0.05, 0.1) is 0 Å². The predicted molar refractivity (Wildman–Crippen MR) is 40.9 cm³/mol. The average molecular weight is 130 g/mol. The average Bonchev–Trinajstić information content (AvgIpc) is 1.86. The van der Waals surface area contributed by atoms with Crippen molar-refractivity contribution in [2.75, 3.05) is 7.05 Å². The molecule has 0 amide bonds. The van der Waals surface area contributed by atoms with Gasteiger partial charge < -0.3 is 0 Å². The highest BCUT2D eigenvalue weighted by molar-refractivity contribution is 4.77. The van der Waals surface area contributed by atoms with Crippen molar-refractivity contribution in [1.29, 1.82) is 0 Å². The largest absolute Gasteiger partial charge is 0.269 e. The Morgan fingerprint density at radius 1 is 1.33 bits per heavy atom. The molecular weight excluding hydrogens is 112 g/mol. The minimum Gasteiger partial charge on any atom is -0.269 e. The van der Waals surface area contributed by atoms with Crippen LogP contribution in [0.25, 0.3) is 0 Å². The summed E-state index contributed by atoms with van der Waals surface area (Å²) in [5, 5.41) is 1.80. The number of rotatable bonds is 3. The predicted octanol–water partition coefficient (Wildman–Crippen LogP) is 1.37. The van der Waals surface area contributed by atoms with Crippen LogP contribution >= 0.6 is 0 Å². The maximum atomic E-state index is 5.63. The molecule has 0 saturated carbocycles. The highest BCUT2D eigenvalue weighted by Crippen LogP contribution is 2.17. The second kappa shape index (κ2) is 3.18. The standard InChI is InChI=1S/C7H18N2/c1-5-7(3,6-2)9(4)8/h5-6,8H2,1-4H3. The summed E-state index contributed by atoms with van der Waals surface area (Å²) >= 11 is 0. The van der Waals surface area contributed by atoms with Crippen LogP contribution < -0.4 is 5.84 Å². The maximum Gasteiger partial charge on any atom is 0.0315 e. The summed E-state index contributed by atoms with van der Waals surface area (Å²) in [6.45, 7) is 6.49. The first-order valence-electron chi connectivity index (χ1n) is 3.55. The van der Waals surface area contributed by atoms with E-state index >= 15 is 0 Å². The second-order valence-corrected chi connectivity index (χ2v) is 2.81. The number of hydrazine groups is 1. The van der Waals surface area contributed by atoms with Crippen LogP contribution in [0.3, 0.4) is 0 Å². The Kier molecular flexibility index (Phi) is 3.15. The van der Waals surface area contributed by atoms with E-state index in [0.29, 0.717) is 0 Å². The van der Waals surface area contributed by atoms with E-state index in [2.05, 4.69) is 20.8 Å². The zero-order valence-electron chi connectivity index (χ0n) is 6.94. The molecule has 2 heteroatoms. The van der Waals surface area contributed by atoms with Crippen molar-refractivity contribution in [2.24, 2.45) is 5.84 Å². The van der Waals surface area contributed by atoms with Crippen LogP contribution in [0.5, 0.6) is 0 Å². The van der Waals surface area contributed by atoms with Gasteiger partial charge in [-0.25, -0.2) is 5.01 Å². The Morgan fingerprint density at radius 3 is 1.67 bits per heavy atom. The molecule has 0 radical (unpaired) electrons. The van der Waals surface area contributed by atoms with Gasteiger partial charge in [-0.3, -0.25) is 5.84 Å². The summed E-state index contributed by atoms with van der Waals surface area (Å²) in [6.07, 6.45) is 2.22. The Morgan fingerprint density at radius 2 is 1.67 bits per heavy atom. The van der Waals surface area contributed by atoms with E-state index in [9.17, 15) is 0 Å². The molecule has 0 rings (SSSR count). The molecule has 0 aliphatic carbocycles. The van der Waals surface area contributed by atoms with Gasteiger partial charge >= 0.3 is 0 Å². The van der Waals surface area contributed by atoms with Gasteiger partial charge in [-0.2, -0.15) is 0 Å². The van der Waals surface area contributed by atoms with Gasteiger partial charge in [-0.15, -0.1) is 0 Å². The first kappa shape index (κ1) is 8.92. The Bertz CT molecular complexity index is 75.0. The zero-order valence-corrected chi connectivity index (χ0v) is 6.94. The number of hydrogen-bond donors (Lipinski definition) is 1. The Balaban J connectivity index is 3.92. The third-order valence-electron chi connectivity index (χ3n) is 2.37. The normalized spacial score (nSPS) is 12.7. The lowest BCUT2D eigenvalue weighted by molar-refractivity contribution is 0.129. The van der Waals surface area contributed by atoms with Gasteiger partial charge in [0.1, 0.15) is 0 Å². The highest BCUT2D eigenvalue weighted by atomic mass is 15.4. The van der Waals surface area contributed by atoms with Crippen LogP contribution in [-0.2, 0) is 0 Å². The molecule has 0 aromatic rings. The van der Waals surface area contributed by atoms with E-state index in [1.165, 1.54) is 0 Å². The molecule has 0 heterocycles. The van der Waals surface area contributed by atoms with E-state index in [4.69, 9.17) is 5.84 Å². The minimum absolute atomic E-state index is 0.194. The number of nitrogens with zero attached hydrogens (tertiary/aromatic N) is 1. The molecule has 2 N–H and O–H groups in total. The molecule has 2 nitrogen and oxygen atoms in total. The van der Waals surface area contributed by atoms with Gasteiger partial charge in [0.15, 0.2) is 0 Å². The van der Waals surface area contributed by atoms with Gasteiger partial charge in [0.25, 0.3) is 0 Å². The van der Waals surface area contributed by atoms with E-state index in [1.807, 2.05) is 7.05 Å². The fourth-order valence-corrected chi connectivity index (χ4v) is 0.749. The van der Waals surface area contributed by atoms with Crippen molar-refractivity contribution >= 4 is 0 Å². The molecule has 0 aliphatic heterocycles. The van der Waals surface area contributed by atoms with Crippen molar-refractivity contribution in [3.8, 4) is 0 Å². The first-order chi connectivity index (χ1) is 4.06. The quantitative estimate of drug-likeness (QED) is 0.462. The minimum atomic E-state index is 0.194. The molecule has 0 atom stereocenters. The summed E-state index contributed by atoms with van der Waals surface area (Å²) in [7, 11) is 1.92. The Hall–Kier alpha value is -0.0800. The highest BCUT2D eigenvalue weighted by Gasteiger charge is 2.21. The first-order valence-corrected chi connectivity index (χ1v) is 3.55. The second-order valence-electron chi connectivity index (χ2n) is 2.81. The maximum absolute atomic E-state index is 5.63. The molecule has 0 saturated heterocycles. The molecule has 0 bridgehead atoms. The lowest BCUT2D eigenvalue weighted by Crippen LogP contribution is -2.47. The van der Waals surface area contributed by atoms with Gasteiger partial charge in [-0.05, 0) is 19.8 Å². The molecule has 0 aromatic heterocycles. The van der Waals surface area contributed by atoms with Gasteiger partial charge in [-0.1, -0.05) is 13.8 Å². The smallest absolute Gasteiger partial charge is 0.0315 e. The van der Waals surface area contributed by atoms with Crippen molar-refractivity contribution in [1.82, 2.24) is 5.01 Å². The summed E-state index contributed by atoms with van der Waals surface area (Å²) in [6, 6.07) is 0. The fraction of sp³-hybridized carbons (Fsp3) is 1.00. The Labute approximate surface area is 58.0 Å². The molecule has 56 valence electrons. The number of nitrogens with two attached hydrogens (primary N) is 1. The van der Waals surface area contributed by atoms with E-state index in [1.54, 1.807) is 5.01 Å². The van der Waals surface area contributed by atoms with Crippen molar-refractivity contribution in [3.63, 3.8) is 0 Å². The third kappa shape index (κ3) is 1.95. The molecular formula is C7H18N2. The summed E-state index contributed by atoms with van der Waals surface area (Å²) < 4.78 is 0. The topological polar surface area (TPSA) is 29.3 Å². The lowest BCUT2D eigenvalue weighted by atomic mass is 9.95. The number of hydrogen-bond acceptors (Lipinski definition) is 2. The summed E-state index contributed by atoms with van der Waals surface area (Å²) in [5.74, 6) is 5.63. The molecule has 0 aliphatic rings. The lowest BCUT2D eigenvalue weighted by Gasteiger charge is -2.33. The van der Waals surface area contributed by atoms with Gasteiger partial charge in [0.2, 0.25) is 0 Å². The molecule has 0 aromatic carbocycles. The van der Waals surface area contributed by atoms with E-state index in [0.717, 1.165) is 12.8 Å². The van der Waals surface area contributed by atoms with E-state index in [-0.39, 0.29) is 5.54 Å². The third-order valence-corrected chi connectivity index (χ3v) is 2.37. The fourth-order valence-electron chi connectivity index (χ4n) is 0.749. The van der Waals surface area contributed by atoms with Gasteiger partial charge in [0, 0.05) is 12.6 Å². The zero-order chi connectivity index (χ0) is 7.49. The van der Waals surface area contributed by atoms with Crippen LogP contribution in [0, 0.1) is 0 Å². The van der Waals surface area contributed by atoms with Crippen LogP contribution in [0.15, 0.2) is 0 Å². The van der Waals surface area contributed by atoms with E-state index < -0.39 is 0 Å². The van der Waals surface area contributed by atoms with Crippen LogP contribution in [-0.4, -0.2) is 17.6 Å². The molecule has 0 fully saturated rings. The summed E-state index contributed by atoms with van der Waals surface area (Å²) in [4.78, 5) is 0. The van der Waals surface area contributed by atoms with Crippen LogP contribution in [0.2, 0.25) is 0 Å². The monoisotopic (exact) mass is 130 g/mol.